The Morgan fingerprint density at radius 3 is 2.79 bits per heavy atom. The highest BCUT2D eigenvalue weighted by molar-refractivity contribution is 5.17. The molecule has 0 aromatic carbocycles. The van der Waals surface area contributed by atoms with Gasteiger partial charge >= 0.3 is 0 Å². The summed E-state index contributed by atoms with van der Waals surface area (Å²) in [7, 11) is 0. The molecule has 1 heterocycles. The van der Waals surface area contributed by atoms with Crippen molar-refractivity contribution in [1.82, 2.24) is 5.43 Å². The molecule has 0 aliphatic rings. The standard InChI is InChI=1S/C11H20N2O/c1-3-4-5-6-10(13-12)11-9(2)7-8-14-11/h7-8,10,13H,3-6,12H2,1-2H3. The highest BCUT2D eigenvalue weighted by Crippen LogP contribution is 2.22. The molecule has 0 radical (unpaired) electrons. The van der Waals surface area contributed by atoms with Gasteiger partial charge in [-0.25, -0.2) is 5.43 Å². The van der Waals surface area contributed by atoms with E-state index in [9.17, 15) is 0 Å². The highest BCUT2D eigenvalue weighted by Gasteiger charge is 2.14. The zero-order chi connectivity index (χ0) is 10.4. The van der Waals surface area contributed by atoms with Crippen LogP contribution >= 0.6 is 0 Å². The van der Waals surface area contributed by atoms with Crippen molar-refractivity contribution in [3.05, 3.63) is 23.7 Å². The minimum absolute atomic E-state index is 0.163. The van der Waals surface area contributed by atoms with Gasteiger partial charge in [0, 0.05) is 0 Å². The van der Waals surface area contributed by atoms with Crippen LogP contribution in [0.3, 0.4) is 0 Å². The first-order valence-electron chi connectivity index (χ1n) is 5.29. The van der Waals surface area contributed by atoms with E-state index in [-0.39, 0.29) is 6.04 Å². The molecule has 0 spiro atoms. The molecule has 1 unspecified atom stereocenters. The number of hydrogen-bond acceptors (Lipinski definition) is 3. The van der Waals surface area contributed by atoms with Crippen LogP contribution < -0.4 is 11.3 Å². The molecular weight excluding hydrogens is 176 g/mol. The zero-order valence-electron chi connectivity index (χ0n) is 9.05. The molecule has 1 atom stereocenters. The Morgan fingerprint density at radius 2 is 2.29 bits per heavy atom. The van der Waals surface area contributed by atoms with Gasteiger partial charge in [-0.3, -0.25) is 5.84 Å². The van der Waals surface area contributed by atoms with Crippen molar-refractivity contribution in [2.24, 2.45) is 5.84 Å². The second kappa shape index (κ2) is 5.83. The lowest BCUT2D eigenvalue weighted by atomic mass is 10.0. The first-order chi connectivity index (χ1) is 6.79. The van der Waals surface area contributed by atoms with Gasteiger partial charge < -0.3 is 4.42 Å². The molecular formula is C11H20N2O. The van der Waals surface area contributed by atoms with E-state index >= 15 is 0 Å². The van der Waals surface area contributed by atoms with Crippen LogP contribution in [0.5, 0.6) is 0 Å². The molecule has 1 aromatic heterocycles. The molecule has 0 aliphatic carbocycles. The number of rotatable bonds is 6. The third-order valence-corrected chi connectivity index (χ3v) is 2.52. The monoisotopic (exact) mass is 196 g/mol. The molecule has 3 nitrogen and oxygen atoms in total. The van der Waals surface area contributed by atoms with E-state index in [4.69, 9.17) is 10.3 Å². The number of unbranched alkanes of at least 4 members (excludes halogenated alkanes) is 2. The van der Waals surface area contributed by atoms with E-state index in [0.29, 0.717) is 0 Å². The van der Waals surface area contributed by atoms with Crippen molar-refractivity contribution in [2.45, 2.75) is 45.6 Å². The average molecular weight is 196 g/mol. The summed E-state index contributed by atoms with van der Waals surface area (Å²) in [5.74, 6) is 6.48. The van der Waals surface area contributed by atoms with Crippen LogP contribution in [-0.2, 0) is 0 Å². The molecule has 80 valence electrons. The van der Waals surface area contributed by atoms with Gasteiger partial charge in [0.05, 0.1) is 12.3 Å². The number of nitrogens with one attached hydrogen (secondary N) is 1. The number of hydrogen-bond donors (Lipinski definition) is 2. The normalized spacial score (nSPS) is 13.1. The van der Waals surface area contributed by atoms with Crippen molar-refractivity contribution in [3.8, 4) is 0 Å². The summed E-state index contributed by atoms with van der Waals surface area (Å²) in [5, 5.41) is 0. The third-order valence-electron chi connectivity index (χ3n) is 2.52. The smallest absolute Gasteiger partial charge is 0.124 e. The number of hydrazine groups is 1. The van der Waals surface area contributed by atoms with Gasteiger partial charge in [0.1, 0.15) is 5.76 Å². The molecule has 3 N–H and O–H groups in total. The SMILES string of the molecule is CCCCCC(NN)c1occc1C. The molecule has 0 saturated carbocycles. The van der Waals surface area contributed by atoms with E-state index in [2.05, 4.69) is 12.3 Å². The summed E-state index contributed by atoms with van der Waals surface area (Å²) in [4.78, 5) is 0. The number of nitrogens with two attached hydrogens (primary N) is 1. The van der Waals surface area contributed by atoms with E-state index in [1.807, 2.05) is 13.0 Å². The predicted octanol–water partition coefficient (Wildman–Crippen LogP) is 2.67. The van der Waals surface area contributed by atoms with Gasteiger partial charge in [0.2, 0.25) is 0 Å². The third kappa shape index (κ3) is 2.86. The maximum Gasteiger partial charge on any atom is 0.124 e. The Labute approximate surface area is 85.6 Å². The second-order valence-corrected chi connectivity index (χ2v) is 3.68. The topological polar surface area (TPSA) is 51.2 Å². The van der Waals surface area contributed by atoms with Gasteiger partial charge in [-0.2, -0.15) is 0 Å². The van der Waals surface area contributed by atoms with Crippen molar-refractivity contribution < 1.29 is 4.42 Å². The Balaban J connectivity index is 2.50. The molecule has 1 rings (SSSR count). The lowest BCUT2D eigenvalue weighted by molar-refractivity contribution is 0.388. The average Bonchev–Trinajstić information content (AvgIpc) is 2.60. The Hall–Kier alpha value is -0.800. The first-order valence-corrected chi connectivity index (χ1v) is 5.29. The summed E-state index contributed by atoms with van der Waals surface area (Å²) < 4.78 is 5.41. The fourth-order valence-corrected chi connectivity index (χ4v) is 1.63. The molecule has 0 amide bonds. The lowest BCUT2D eigenvalue weighted by Gasteiger charge is -2.13. The molecule has 3 heteroatoms. The van der Waals surface area contributed by atoms with E-state index in [1.54, 1.807) is 6.26 Å². The Morgan fingerprint density at radius 1 is 1.50 bits per heavy atom. The number of aryl methyl sites for hydroxylation is 1. The minimum atomic E-state index is 0.163. The van der Waals surface area contributed by atoms with Crippen molar-refractivity contribution in [1.29, 1.82) is 0 Å². The van der Waals surface area contributed by atoms with Gasteiger partial charge in [-0.1, -0.05) is 26.2 Å². The molecule has 1 aromatic rings. The van der Waals surface area contributed by atoms with Gasteiger partial charge in [-0.05, 0) is 25.0 Å². The first kappa shape index (κ1) is 11.3. The van der Waals surface area contributed by atoms with Gasteiger partial charge in [0.15, 0.2) is 0 Å². The second-order valence-electron chi connectivity index (χ2n) is 3.68. The van der Waals surface area contributed by atoms with Crippen molar-refractivity contribution >= 4 is 0 Å². The lowest BCUT2D eigenvalue weighted by Crippen LogP contribution is -2.28. The van der Waals surface area contributed by atoms with E-state index in [1.165, 1.54) is 24.8 Å². The predicted molar refractivity (Wildman–Crippen MR) is 57.7 cm³/mol. The van der Waals surface area contributed by atoms with Gasteiger partial charge in [0.25, 0.3) is 0 Å². The van der Waals surface area contributed by atoms with Gasteiger partial charge in [-0.15, -0.1) is 0 Å². The maximum atomic E-state index is 5.51. The quantitative estimate of drug-likeness (QED) is 0.418. The molecule has 0 bridgehead atoms. The van der Waals surface area contributed by atoms with E-state index in [0.717, 1.165) is 12.2 Å². The van der Waals surface area contributed by atoms with Crippen LogP contribution in [0.15, 0.2) is 16.7 Å². The number of furan rings is 1. The zero-order valence-corrected chi connectivity index (χ0v) is 9.05. The fraction of sp³-hybridized carbons (Fsp3) is 0.636. The van der Waals surface area contributed by atoms with Crippen LogP contribution in [0.1, 0.15) is 50.0 Å². The summed E-state index contributed by atoms with van der Waals surface area (Å²) in [5.41, 5.74) is 3.98. The van der Waals surface area contributed by atoms with E-state index < -0.39 is 0 Å². The largest absolute Gasteiger partial charge is 0.467 e. The Kier molecular flexibility index (Phi) is 4.70. The summed E-state index contributed by atoms with van der Waals surface area (Å²) >= 11 is 0. The Bertz CT molecular complexity index is 258. The van der Waals surface area contributed by atoms with Crippen LogP contribution in [0, 0.1) is 6.92 Å². The minimum Gasteiger partial charge on any atom is -0.467 e. The highest BCUT2D eigenvalue weighted by atomic mass is 16.3. The van der Waals surface area contributed by atoms with Crippen molar-refractivity contribution in [2.75, 3.05) is 0 Å². The summed E-state index contributed by atoms with van der Waals surface area (Å²) in [6.45, 7) is 4.24. The van der Waals surface area contributed by atoms with Crippen LogP contribution in [0.2, 0.25) is 0 Å². The maximum absolute atomic E-state index is 5.51. The fourth-order valence-electron chi connectivity index (χ4n) is 1.63. The van der Waals surface area contributed by atoms with Crippen LogP contribution in [0.25, 0.3) is 0 Å². The molecule has 0 aliphatic heterocycles. The molecule has 0 saturated heterocycles. The van der Waals surface area contributed by atoms with Crippen LogP contribution in [-0.4, -0.2) is 0 Å². The summed E-state index contributed by atoms with van der Waals surface area (Å²) in [6.07, 6.45) is 6.42. The summed E-state index contributed by atoms with van der Waals surface area (Å²) in [6, 6.07) is 2.14. The molecule has 14 heavy (non-hydrogen) atoms. The van der Waals surface area contributed by atoms with Crippen molar-refractivity contribution in [3.63, 3.8) is 0 Å². The molecule has 0 fully saturated rings. The van der Waals surface area contributed by atoms with Crippen LogP contribution in [0.4, 0.5) is 0 Å².